The molecule has 3 rings (SSSR count). The Hall–Kier alpha value is -1.44. The Morgan fingerprint density at radius 2 is 1.22 bits per heavy atom. The van der Waals surface area contributed by atoms with Gasteiger partial charge in [0.1, 0.15) is 17.1 Å². The molecule has 2 aliphatic rings. The minimum absolute atomic E-state index is 0.155. The highest BCUT2D eigenvalue weighted by atomic mass is 16.5. The summed E-state index contributed by atoms with van der Waals surface area (Å²) in [5.74, 6) is 1.38. The largest absolute Gasteiger partial charge is 0.507 e. The van der Waals surface area contributed by atoms with Crippen molar-refractivity contribution in [2.45, 2.75) is 168 Å². The van der Waals surface area contributed by atoms with E-state index in [-0.39, 0.29) is 5.60 Å². The van der Waals surface area contributed by atoms with Crippen LogP contribution in [-0.4, -0.2) is 10.7 Å². The van der Waals surface area contributed by atoms with E-state index in [1.165, 1.54) is 126 Å². The number of allylic oxidation sites excluding steroid dienone is 1. The van der Waals surface area contributed by atoms with Crippen LogP contribution in [0.25, 0.3) is 5.57 Å². The number of rotatable bonds is 19. The fourth-order valence-corrected chi connectivity index (χ4v) is 6.68. The van der Waals surface area contributed by atoms with Crippen molar-refractivity contribution in [3.05, 3.63) is 28.8 Å². The Morgan fingerprint density at radius 1 is 0.694 bits per heavy atom. The van der Waals surface area contributed by atoms with E-state index in [9.17, 15) is 5.11 Å². The molecule has 2 nitrogen and oxygen atoms in total. The number of unbranched alkanes of at least 4 members (excludes halogenated alkanes) is 15. The van der Waals surface area contributed by atoms with E-state index < -0.39 is 0 Å². The maximum absolute atomic E-state index is 10.9. The molecule has 2 heteroatoms. The summed E-state index contributed by atoms with van der Waals surface area (Å²) in [6, 6.07) is 4.25. The first-order valence-corrected chi connectivity index (χ1v) is 15.9. The predicted molar refractivity (Wildman–Crippen MR) is 156 cm³/mol. The summed E-state index contributed by atoms with van der Waals surface area (Å²) in [6.45, 7) is 6.79. The molecule has 1 heterocycles. The van der Waals surface area contributed by atoms with E-state index >= 15 is 0 Å². The van der Waals surface area contributed by atoms with Gasteiger partial charge in [-0.05, 0) is 73.8 Å². The highest BCUT2D eigenvalue weighted by Crippen LogP contribution is 2.53. The van der Waals surface area contributed by atoms with Crippen molar-refractivity contribution < 1.29 is 9.84 Å². The van der Waals surface area contributed by atoms with Crippen LogP contribution in [0.3, 0.4) is 0 Å². The van der Waals surface area contributed by atoms with Crippen LogP contribution in [0.4, 0.5) is 0 Å². The molecule has 0 spiro atoms. The van der Waals surface area contributed by atoms with Crippen molar-refractivity contribution in [3.63, 3.8) is 0 Å². The smallest absolute Gasteiger partial charge is 0.132 e. The standard InChI is InChI=1S/C34H56O2/c1-4-7-8-9-10-11-12-13-14-15-16-17-18-19-20-21-23-28-26-31(35)33-29-24-22-25-30(29)34(5-2,6-3)36-32(33)27-28/h26-27,35H,4-25H2,1-3H3. The zero-order chi connectivity index (χ0) is 25.6. The maximum atomic E-state index is 10.9. The van der Waals surface area contributed by atoms with Crippen molar-refractivity contribution in [1.29, 1.82) is 0 Å². The van der Waals surface area contributed by atoms with E-state index in [1.807, 2.05) is 6.07 Å². The molecule has 0 saturated carbocycles. The quantitative estimate of drug-likeness (QED) is 0.193. The highest BCUT2D eigenvalue weighted by molar-refractivity contribution is 5.82. The predicted octanol–water partition coefficient (Wildman–Crippen LogP) is 11.1. The van der Waals surface area contributed by atoms with Gasteiger partial charge in [-0.1, -0.05) is 117 Å². The van der Waals surface area contributed by atoms with Crippen LogP contribution in [0.5, 0.6) is 11.5 Å². The zero-order valence-electron chi connectivity index (χ0n) is 24.1. The van der Waals surface area contributed by atoms with E-state index in [0.717, 1.165) is 43.4 Å². The first-order chi connectivity index (χ1) is 17.6. The molecule has 0 unspecified atom stereocenters. The molecule has 0 radical (unpaired) electrons. The molecule has 0 bridgehead atoms. The lowest BCUT2D eigenvalue weighted by Crippen LogP contribution is -2.39. The SMILES string of the molecule is CCCCCCCCCCCCCCCCCCc1cc(O)c2c(c1)OC(CC)(CC)C1=C2CCC1. The van der Waals surface area contributed by atoms with Gasteiger partial charge in [0.05, 0.1) is 5.56 Å². The number of aryl methyl sites for hydroxylation is 1. The van der Waals surface area contributed by atoms with Crippen molar-refractivity contribution in [2.75, 3.05) is 0 Å². The Kier molecular flexibility index (Phi) is 12.7. The van der Waals surface area contributed by atoms with Gasteiger partial charge in [-0.2, -0.15) is 0 Å². The van der Waals surface area contributed by atoms with Gasteiger partial charge in [-0.3, -0.25) is 0 Å². The fraction of sp³-hybridized carbons (Fsp3) is 0.765. The Morgan fingerprint density at radius 3 is 1.75 bits per heavy atom. The van der Waals surface area contributed by atoms with Gasteiger partial charge in [0.2, 0.25) is 0 Å². The number of hydrogen-bond acceptors (Lipinski definition) is 2. The van der Waals surface area contributed by atoms with Gasteiger partial charge in [0.15, 0.2) is 0 Å². The van der Waals surface area contributed by atoms with E-state index in [0.29, 0.717) is 5.75 Å². The molecule has 1 N–H and O–H groups in total. The molecule has 0 fully saturated rings. The van der Waals surface area contributed by atoms with Gasteiger partial charge in [-0.15, -0.1) is 0 Å². The summed E-state index contributed by atoms with van der Waals surface area (Å²) < 4.78 is 6.67. The molecule has 1 aromatic carbocycles. The normalized spacial score (nSPS) is 16.2. The van der Waals surface area contributed by atoms with E-state index in [1.54, 1.807) is 0 Å². The van der Waals surface area contributed by atoms with Crippen LogP contribution in [0.2, 0.25) is 0 Å². The van der Waals surface area contributed by atoms with Crippen LogP contribution < -0.4 is 4.74 Å². The monoisotopic (exact) mass is 496 g/mol. The van der Waals surface area contributed by atoms with Crippen LogP contribution in [-0.2, 0) is 6.42 Å². The minimum atomic E-state index is -0.155. The van der Waals surface area contributed by atoms with Crippen LogP contribution >= 0.6 is 0 Å². The first kappa shape index (κ1) is 29.1. The van der Waals surface area contributed by atoms with Gasteiger partial charge >= 0.3 is 0 Å². The molecular formula is C34H56O2. The molecule has 0 saturated heterocycles. The topological polar surface area (TPSA) is 29.5 Å². The number of phenols is 1. The first-order valence-electron chi connectivity index (χ1n) is 15.9. The average Bonchev–Trinajstić information content (AvgIpc) is 3.38. The third-order valence-electron chi connectivity index (χ3n) is 8.98. The zero-order valence-corrected chi connectivity index (χ0v) is 24.1. The van der Waals surface area contributed by atoms with Gasteiger partial charge < -0.3 is 9.84 Å². The van der Waals surface area contributed by atoms with Gasteiger partial charge in [-0.25, -0.2) is 0 Å². The Balaban J connectivity index is 1.29. The van der Waals surface area contributed by atoms with Crippen LogP contribution in [0, 0.1) is 0 Å². The minimum Gasteiger partial charge on any atom is -0.507 e. The van der Waals surface area contributed by atoms with Gasteiger partial charge in [0.25, 0.3) is 0 Å². The summed E-state index contributed by atoms with van der Waals surface area (Å²) in [7, 11) is 0. The summed E-state index contributed by atoms with van der Waals surface area (Å²) >= 11 is 0. The maximum Gasteiger partial charge on any atom is 0.132 e. The second-order valence-electron chi connectivity index (χ2n) is 11.7. The van der Waals surface area contributed by atoms with Crippen molar-refractivity contribution in [3.8, 4) is 11.5 Å². The molecule has 0 aromatic heterocycles. The molecule has 1 aromatic rings. The lowest BCUT2D eigenvalue weighted by Gasteiger charge is -2.40. The molecule has 1 aliphatic carbocycles. The van der Waals surface area contributed by atoms with Crippen molar-refractivity contribution in [2.24, 2.45) is 0 Å². The lowest BCUT2D eigenvalue weighted by molar-refractivity contribution is 0.0918. The highest BCUT2D eigenvalue weighted by Gasteiger charge is 2.42. The number of benzene rings is 1. The second-order valence-corrected chi connectivity index (χ2v) is 11.7. The van der Waals surface area contributed by atoms with E-state index in [4.69, 9.17) is 4.74 Å². The summed E-state index contributed by atoms with van der Waals surface area (Å²) in [6.07, 6.45) is 28.8. The van der Waals surface area contributed by atoms with Crippen molar-refractivity contribution >= 4 is 5.57 Å². The summed E-state index contributed by atoms with van der Waals surface area (Å²) in [5, 5.41) is 10.9. The average molecular weight is 497 g/mol. The third kappa shape index (κ3) is 8.03. The third-order valence-corrected chi connectivity index (χ3v) is 8.98. The van der Waals surface area contributed by atoms with Gasteiger partial charge in [0, 0.05) is 0 Å². The van der Waals surface area contributed by atoms with Crippen LogP contribution in [0.15, 0.2) is 17.7 Å². The van der Waals surface area contributed by atoms with Crippen LogP contribution in [0.1, 0.15) is 167 Å². The van der Waals surface area contributed by atoms with E-state index in [2.05, 4.69) is 26.8 Å². The molecule has 0 amide bonds. The molecule has 204 valence electrons. The molecular weight excluding hydrogens is 440 g/mol. The number of phenolic OH excluding ortho intramolecular Hbond substituents is 1. The molecule has 0 atom stereocenters. The fourth-order valence-electron chi connectivity index (χ4n) is 6.68. The molecule has 1 aliphatic heterocycles. The Labute approximate surface area is 223 Å². The van der Waals surface area contributed by atoms with Crippen molar-refractivity contribution in [1.82, 2.24) is 0 Å². The number of aromatic hydroxyl groups is 1. The number of hydrogen-bond donors (Lipinski definition) is 1. The number of ether oxygens (including phenoxy) is 1. The number of fused-ring (bicyclic) bond motifs is 2. The Bertz CT molecular complexity index is 802. The second kappa shape index (κ2) is 15.7. The lowest BCUT2D eigenvalue weighted by atomic mass is 9.81. The summed E-state index contributed by atoms with van der Waals surface area (Å²) in [4.78, 5) is 0. The summed E-state index contributed by atoms with van der Waals surface area (Å²) in [5.41, 5.74) is 4.92. The molecule has 36 heavy (non-hydrogen) atoms.